The number of anilines is 1. The van der Waals surface area contributed by atoms with Crippen molar-refractivity contribution in [1.29, 1.82) is 0 Å². The average molecular weight is 455 g/mol. The topological polar surface area (TPSA) is 57.7 Å². The lowest BCUT2D eigenvalue weighted by Crippen LogP contribution is -2.46. The van der Waals surface area contributed by atoms with E-state index in [-0.39, 0.29) is 35.9 Å². The third kappa shape index (κ3) is 5.10. The van der Waals surface area contributed by atoms with Crippen LogP contribution in [0.15, 0.2) is 59.5 Å². The highest BCUT2D eigenvalue weighted by molar-refractivity contribution is 7.89. The van der Waals surface area contributed by atoms with Gasteiger partial charge in [0.1, 0.15) is 0 Å². The lowest BCUT2D eigenvalue weighted by molar-refractivity contribution is -0.137. The van der Waals surface area contributed by atoms with Crippen molar-refractivity contribution in [2.45, 2.75) is 43.8 Å². The molecule has 0 bridgehead atoms. The smallest absolute Gasteiger partial charge is 0.310 e. The number of hydrogen-bond donors (Lipinski definition) is 0. The molecule has 31 heavy (non-hydrogen) atoms. The van der Waals surface area contributed by atoms with Crippen molar-refractivity contribution >= 4 is 21.6 Å². The van der Waals surface area contributed by atoms with Gasteiger partial charge in [-0.25, -0.2) is 8.42 Å². The van der Waals surface area contributed by atoms with Gasteiger partial charge < -0.3 is 4.90 Å². The molecule has 0 aromatic heterocycles. The number of para-hydroxylation sites is 1. The summed E-state index contributed by atoms with van der Waals surface area (Å²) < 4.78 is 65.8. The van der Waals surface area contributed by atoms with Crippen LogP contribution in [-0.2, 0) is 21.0 Å². The summed E-state index contributed by atoms with van der Waals surface area (Å²) in [5.74, 6) is -0.423. The predicted octanol–water partition coefficient (Wildman–Crippen LogP) is 4.55. The molecule has 1 saturated heterocycles. The number of benzene rings is 2. The molecule has 1 aliphatic rings. The second-order valence-electron chi connectivity index (χ2n) is 7.84. The molecule has 1 aliphatic heterocycles. The molecule has 0 aliphatic carbocycles. The number of rotatable bonds is 5. The van der Waals surface area contributed by atoms with E-state index in [4.69, 9.17) is 0 Å². The first-order valence-electron chi connectivity index (χ1n) is 10.1. The van der Waals surface area contributed by atoms with E-state index in [1.807, 2.05) is 44.2 Å². The van der Waals surface area contributed by atoms with Crippen LogP contribution in [0.1, 0.15) is 32.3 Å². The molecule has 3 rings (SSSR count). The van der Waals surface area contributed by atoms with E-state index in [0.29, 0.717) is 18.9 Å². The van der Waals surface area contributed by atoms with Crippen LogP contribution >= 0.6 is 0 Å². The van der Waals surface area contributed by atoms with Crippen LogP contribution in [0, 0.1) is 5.92 Å². The zero-order valence-corrected chi connectivity index (χ0v) is 18.2. The van der Waals surface area contributed by atoms with Crippen molar-refractivity contribution < 1.29 is 26.4 Å². The number of hydrogen-bond acceptors (Lipinski definition) is 3. The molecule has 168 valence electrons. The molecule has 1 fully saturated rings. The molecule has 5 nitrogen and oxygen atoms in total. The Hall–Kier alpha value is -2.39. The largest absolute Gasteiger partial charge is 0.416 e. The monoisotopic (exact) mass is 454 g/mol. The van der Waals surface area contributed by atoms with E-state index >= 15 is 0 Å². The quantitative estimate of drug-likeness (QED) is 0.666. The predicted molar refractivity (Wildman–Crippen MR) is 112 cm³/mol. The summed E-state index contributed by atoms with van der Waals surface area (Å²) in [6.45, 7) is 3.99. The van der Waals surface area contributed by atoms with Gasteiger partial charge in [0, 0.05) is 30.7 Å². The van der Waals surface area contributed by atoms with Crippen LogP contribution in [0.25, 0.3) is 0 Å². The van der Waals surface area contributed by atoms with Gasteiger partial charge in [-0.3, -0.25) is 4.79 Å². The lowest BCUT2D eigenvalue weighted by atomic mass is 9.95. The molecule has 1 heterocycles. The Morgan fingerprint density at radius 3 is 2.19 bits per heavy atom. The molecule has 0 N–H and O–H groups in total. The second kappa shape index (κ2) is 9.00. The lowest BCUT2D eigenvalue weighted by Gasteiger charge is -2.35. The van der Waals surface area contributed by atoms with Gasteiger partial charge in [-0.1, -0.05) is 24.3 Å². The van der Waals surface area contributed by atoms with Crippen molar-refractivity contribution in [3.05, 3.63) is 60.2 Å². The SMILES string of the molecule is CC(C)N(C(=O)C1CCN(S(=O)(=O)c2cccc(C(F)(F)F)c2)CC1)c1ccccc1. The minimum atomic E-state index is -4.62. The summed E-state index contributed by atoms with van der Waals surface area (Å²) in [6, 6.07) is 13.0. The number of halogens is 3. The van der Waals surface area contributed by atoms with E-state index in [1.165, 1.54) is 0 Å². The Morgan fingerprint density at radius 2 is 1.65 bits per heavy atom. The van der Waals surface area contributed by atoms with E-state index in [1.54, 1.807) is 4.90 Å². The number of amides is 1. The number of carbonyl (C=O) groups excluding carboxylic acids is 1. The fourth-order valence-corrected chi connectivity index (χ4v) is 5.31. The molecule has 0 unspecified atom stereocenters. The molecule has 2 aromatic carbocycles. The molecule has 1 amide bonds. The van der Waals surface area contributed by atoms with E-state index in [2.05, 4.69) is 0 Å². The van der Waals surface area contributed by atoms with Crippen molar-refractivity contribution in [2.24, 2.45) is 5.92 Å². The summed E-state index contributed by atoms with van der Waals surface area (Å²) in [6.07, 6.45) is -4.00. The van der Waals surface area contributed by atoms with Crippen LogP contribution in [0.5, 0.6) is 0 Å². The maximum absolute atomic E-state index is 13.2. The van der Waals surface area contributed by atoms with Gasteiger partial charge in [-0.2, -0.15) is 17.5 Å². The van der Waals surface area contributed by atoms with E-state index < -0.39 is 21.8 Å². The zero-order chi connectivity index (χ0) is 22.8. The second-order valence-corrected chi connectivity index (χ2v) is 9.78. The number of sulfonamides is 1. The number of alkyl halides is 3. The zero-order valence-electron chi connectivity index (χ0n) is 17.3. The Balaban J connectivity index is 1.73. The molecular weight excluding hydrogens is 429 g/mol. The van der Waals surface area contributed by atoms with E-state index in [0.717, 1.165) is 28.2 Å². The van der Waals surface area contributed by atoms with Crippen molar-refractivity contribution in [2.75, 3.05) is 18.0 Å². The first kappa shape index (κ1) is 23.3. The maximum atomic E-state index is 13.2. The average Bonchev–Trinajstić information content (AvgIpc) is 2.74. The number of piperidine rings is 1. The summed E-state index contributed by atoms with van der Waals surface area (Å²) >= 11 is 0. The van der Waals surface area contributed by atoms with Crippen LogP contribution in [-0.4, -0.2) is 37.8 Å². The molecule has 0 radical (unpaired) electrons. The van der Waals surface area contributed by atoms with Gasteiger partial charge in [0.15, 0.2) is 0 Å². The summed E-state index contributed by atoms with van der Waals surface area (Å²) in [7, 11) is -4.07. The Morgan fingerprint density at radius 1 is 1.03 bits per heavy atom. The van der Waals surface area contributed by atoms with E-state index in [9.17, 15) is 26.4 Å². The summed E-state index contributed by atoms with van der Waals surface area (Å²) in [4.78, 5) is 14.5. The van der Waals surface area contributed by atoms with Gasteiger partial charge in [0.25, 0.3) is 0 Å². The standard InChI is InChI=1S/C22H25F3N2O3S/c1-16(2)27(19-8-4-3-5-9-19)21(28)17-11-13-26(14-12-17)31(29,30)20-10-6-7-18(15-20)22(23,24)25/h3-10,15-17H,11-14H2,1-2H3. The Kier molecular flexibility index (Phi) is 6.76. The summed E-state index contributed by atoms with van der Waals surface area (Å²) in [5.41, 5.74) is -0.226. The van der Waals surface area contributed by atoms with Crippen molar-refractivity contribution in [1.82, 2.24) is 4.31 Å². The minimum absolute atomic E-state index is 0.0678. The Labute approximate surface area is 180 Å². The maximum Gasteiger partial charge on any atom is 0.416 e. The van der Waals surface area contributed by atoms with Crippen LogP contribution in [0.3, 0.4) is 0 Å². The van der Waals surface area contributed by atoms with Gasteiger partial charge in [-0.05, 0) is 57.0 Å². The number of carbonyl (C=O) groups is 1. The van der Waals surface area contributed by atoms with Crippen LogP contribution < -0.4 is 4.90 Å². The molecule has 0 atom stereocenters. The number of nitrogens with zero attached hydrogens (tertiary/aromatic N) is 2. The van der Waals surface area contributed by atoms with Gasteiger partial charge >= 0.3 is 6.18 Å². The third-order valence-corrected chi connectivity index (χ3v) is 7.29. The van der Waals surface area contributed by atoms with Crippen molar-refractivity contribution in [3.63, 3.8) is 0 Å². The highest BCUT2D eigenvalue weighted by Gasteiger charge is 2.36. The molecular formula is C22H25F3N2O3S. The highest BCUT2D eigenvalue weighted by atomic mass is 32.2. The highest BCUT2D eigenvalue weighted by Crippen LogP contribution is 2.32. The van der Waals surface area contributed by atoms with Crippen LogP contribution in [0.2, 0.25) is 0 Å². The minimum Gasteiger partial charge on any atom is -0.310 e. The molecule has 0 saturated carbocycles. The van der Waals surface area contributed by atoms with Gasteiger partial charge in [0.05, 0.1) is 10.5 Å². The Bertz CT molecular complexity index is 1020. The first-order chi connectivity index (χ1) is 14.5. The fourth-order valence-electron chi connectivity index (χ4n) is 3.79. The molecule has 0 spiro atoms. The van der Waals surface area contributed by atoms with Crippen LogP contribution in [0.4, 0.5) is 18.9 Å². The first-order valence-corrected chi connectivity index (χ1v) is 11.5. The fraction of sp³-hybridized carbons (Fsp3) is 0.409. The van der Waals surface area contributed by atoms with Crippen molar-refractivity contribution in [3.8, 4) is 0 Å². The molecule has 2 aromatic rings. The third-order valence-electron chi connectivity index (χ3n) is 5.39. The molecule has 9 heteroatoms. The normalized spacial score (nSPS) is 16.5. The van der Waals surface area contributed by atoms with Gasteiger partial charge in [-0.15, -0.1) is 0 Å². The van der Waals surface area contributed by atoms with Gasteiger partial charge in [0.2, 0.25) is 15.9 Å². The summed E-state index contributed by atoms with van der Waals surface area (Å²) in [5, 5.41) is 0.